The maximum atomic E-state index is 5.22. The van der Waals surface area contributed by atoms with Crippen LogP contribution >= 0.6 is 0 Å². The number of ether oxygens (including phenoxy) is 2. The minimum Gasteiger partial charge on any atom is -0.458 e. The van der Waals surface area contributed by atoms with Crippen molar-refractivity contribution in [3.05, 3.63) is 23.2 Å². The molecule has 2 nitrogen and oxygen atoms in total. The second kappa shape index (κ2) is 4.19. The molecule has 2 rings (SSSR count). The van der Waals surface area contributed by atoms with Gasteiger partial charge in [-0.1, -0.05) is 19.4 Å². The highest BCUT2D eigenvalue weighted by molar-refractivity contribution is 5.26. The standard InChI is InChI=1S/C8H10O2.C2H6/c1-6-2-3-7-8(4-6)10-5-9-7;1-2/h4H,2-3,5H2,1H3;1-2H3. The van der Waals surface area contributed by atoms with Crippen molar-refractivity contribution in [2.75, 3.05) is 6.79 Å². The Kier molecular flexibility index (Phi) is 3.20. The van der Waals surface area contributed by atoms with E-state index in [-0.39, 0.29) is 0 Å². The van der Waals surface area contributed by atoms with E-state index in [1.807, 2.05) is 13.8 Å². The van der Waals surface area contributed by atoms with Crippen molar-refractivity contribution in [2.24, 2.45) is 0 Å². The van der Waals surface area contributed by atoms with Gasteiger partial charge in [-0.05, 0) is 19.4 Å². The Morgan fingerprint density at radius 2 is 1.92 bits per heavy atom. The first-order valence-electron chi connectivity index (χ1n) is 4.52. The zero-order valence-corrected chi connectivity index (χ0v) is 8.02. The first-order chi connectivity index (χ1) is 5.86. The van der Waals surface area contributed by atoms with Crippen LogP contribution in [0.4, 0.5) is 0 Å². The third-order valence-corrected chi connectivity index (χ3v) is 1.85. The van der Waals surface area contributed by atoms with Gasteiger partial charge in [-0.2, -0.15) is 0 Å². The average molecular weight is 168 g/mol. The first kappa shape index (κ1) is 9.17. The molecule has 2 aliphatic rings. The number of hydrogen-bond donors (Lipinski definition) is 0. The van der Waals surface area contributed by atoms with E-state index < -0.39 is 0 Å². The highest BCUT2D eigenvalue weighted by atomic mass is 16.7. The Hall–Kier alpha value is -0.920. The smallest absolute Gasteiger partial charge is 0.230 e. The molecule has 0 N–H and O–H groups in total. The third-order valence-electron chi connectivity index (χ3n) is 1.85. The van der Waals surface area contributed by atoms with Gasteiger partial charge in [0.1, 0.15) is 5.76 Å². The summed E-state index contributed by atoms with van der Waals surface area (Å²) in [6, 6.07) is 0. The van der Waals surface area contributed by atoms with Gasteiger partial charge in [0, 0.05) is 6.42 Å². The van der Waals surface area contributed by atoms with Crippen LogP contribution in [0.1, 0.15) is 33.6 Å². The van der Waals surface area contributed by atoms with Gasteiger partial charge in [-0.25, -0.2) is 0 Å². The van der Waals surface area contributed by atoms with Crippen LogP contribution in [0.2, 0.25) is 0 Å². The van der Waals surface area contributed by atoms with Crippen LogP contribution in [0.15, 0.2) is 23.2 Å². The zero-order valence-electron chi connectivity index (χ0n) is 8.02. The maximum Gasteiger partial charge on any atom is 0.230 e. The van der Waals surface area contributed by atoms with Crippen LogP contribution in [0.25, 0.3) is 0 Å². The summed E-state index contributed by atoms with van der Waals surface area (Å²) < 4.78 is 10.4. The van der Waals surface area contributed by atoms with Gasteiger partial charge in [0.2, 0.25) is 6.79 Å². The second-order valence-corrected chi connectivity index (χ2v) is 2.68. The molecule has 0 aromatic carbocycles. The Morgan fingerprint density at radius 1 is 1.17 bits per heavy atom. The molecule has 68 valence electrons. The molecule has 1 heterocycles. The molecule has 1 aliphatic heterocycles. The van der Waals surface area contributed by atoms with Crippen molar-refractivity contribution < 1.29 is 9.47 Å². The lowest BCUT2D eigenvalue weighted by atomic mass is 10.0. The summed E-state index contributed by atoms with van der Waals surface area (Å²) in [6.07, 6.45) is 4.19. The van der Waals surface area contributed by atoms with Crippen LogP contribution in [-0.2, 0) is 9.47 Å². The van der Waals surface area contributed by atoms with Gasteiger partial charge >= 0.3 is 0 Å². The Balaban J connectivity index is 0.000000336. The van der Waals surface area contributed by atoms with Gasteiger partial charge < -0.3 is 9.47 Å². The zero-order chi connectivity index (χ0) is 8.97. The van der Waals surface area contributed by atoms with E-state index in [1.165, 1.54) is 5.57 Å². The van der Waals surface area contributed by atoms with E-state index in [9.17, 15) is 0 Å². The lowest BCUT2D eigenvalue weighted by Crippen LogP contribution is -1.93. The summed E-state index contributed by atoms with van der Waals surface area (Å²) in [5.74, 6) is 1.98. The molecule has 0 atom stereocenters. The topological polar surface area (TPSA) is 18.5 Å². The van der Waals surface area contributed by atoms with Crippen molar-refractivity contribution in [3.8, 4) is 0 Å². The van der Waals surface area contributed by atoms with Crippen molar-refractivity contribution in [1.29, 1.82) is 0 Å². The molecular weight excluding hydrogens is 152 g/mol. The SMILES string of the molecule is CC.CC1=CC2=C(CC1)OCO2. The van der Waals surface area contributed by atoms with Crippen LogP contribution in [0, 0.1) is 0 Å². The highest BCUT2D eigenvalue weighted by Crippen LogP contribution is 2.28. The lowest BCUT2D eigenvalue weighted by Gasteiger charge is -2.07. The fourth-order valence-corrected chi connectivity index (χ4v) is 1.24. The molecular formula is C10H16O2. The van der Waals surface area contributed by atoms with Crippen LogP contribution < -0.4 is 0 Å². The van der Waals surface area contributed by atoms with Gasteiger partial charge in [0.05, 0.1) is 0 Å². The molecule has 0 amide bonds. The van der Waals surface area contributed by atoms with Gasteiger partial charge in [0.15, 0.2) is 5.76 Å². The maximum absolute atomic E-state index is 5.22. The van der Waals surface area contributed by atoms with E-state index in [0.717, 1.165) is 24.4 Å². The summed E-state index contributed by atoms with van der Waals surface area (Å²) in [5.41, 5.74) is 1.38. The van der Waals surface area contributed by atoms with Crippen LogP contribution in [0.3, 0.4) is 0 Å². The molecule has 0 fully saturated rings. The van der Waals surface area contributed by atoms with Crippen LogP contribution in [0.5, 0.6) is 0 Å². The van der Waals surface area contributed by atoms with Gasteiger partial charge in [-0.3, -0.25) is 0 Å². The minimum atomic E-state index is 0.411. The second-order valence-electron chi connectivity index (χ2n) is 2.68. The quantitative estimate of drug-likeness (QED) is 0.553. The monoisotopic (exact) mass is 168 g/mol. The molecule has 0 bridgehead atoms. The van der Waals surface area contributed by atoms with E-state index >= 15 is 0 Å². The molecule has 0 saturated heterocycles. The van der Waals surface area contributed by atoms with Crippen LogP contribution in [-0.4, -0.2) is 6.79 Å². The molecule has 0 aromatic heterocycles. The fourth-order valence-electron chi connectivity index (χ4n) is 1.24. The Labute approximate surface area is 73.9 Å². The van der Waals surface area contributed by atoms with Gasteiger partial charge in [-0.15, -0.1) is 0 Å². The largest absolute Gasteiger partial charge is 0.458 e. The number of rotatable bonds is 0. The van der Waals surface area contributed by atoms with E-state index in [1.54, 1.807) is 0 Å². The molecule has 12 heavy (non-hydrogen) atoms. The summed E-state index contributed by atoms with van der Waals surface area (Å²) in [7, 11) is 0. The first-order valence-corrected chi connectivity index (χ1v) is 4.52. The molecule has 0 radical (unpaired) electrons. The van der Waals surface area contributed by atoms with E-state index in [0.29, 0.717) is 6.79 Å². The summed E-state index contributed by atoms with van der Waals surface area (Å²) in [6.45, 7) is 6.53. The average Bonchev–Trinajstić information content (AvgIpc) is 2.54. The van der Waals surface area contributed by atoms with Gasteiger partial charge in [0.25, 0.3) is 0 Å². The van der Waals surface area contributed by atoms with Crippen molar-refractivity contribution in [1.82, 2.24) is 0 Å². The molecule has 0 spiro atoms. The molecule has 0 aromatic rings. The van der Waals surface area contributed by atoms with Crippen molar-refractivity contribution >= 4 is 0 Å². The summed E-state index contributed by atoms with van der Waals surface area (Å²) >= 11 is 0. The van der Waals surface area contributed by atoms with Crippen molar-refractivity contribution in [3.63, 3.8) is 0 Å². The predicted octanol–water partition coefficient (Wildman–Crippen LogP) is 2.97. The molecule has 0 unspecified atom stereocenters. The minimum absolute atomic E-state index is 0.411. The van der Waals surface area contributed by atoms with E-state index in [4.69, 9.17) is 9.47 Å². The summed E-state index contributed by atoms with van der Waals surface area (Å²) in [4.78, 5) is 0. The summed E-state index contributed by atoms with van der Waals surface area (Å²) in [5, 5.41) is 0. The van der Waals surface area contributed by atoms with E-state index in [2.05, 4.69) is 13.0 Å². The number of allylic oxidation sites excluding steroid dienone is 3. The Bertz CT molecular complexity index is 214. The molecule has 2 heteroatoms. The highest BCUT2D eigenvalue weighted by Gasteiger charge is 2.18. The molecule has 0 saturated carbocycles. The normalized spacial score (nSPS) is 19.8. The third kappa shape index (κ3) is 1.81. The predicted molar refractivity (Wildman–Crippen MR) is 48.4 cm³/mol. The number of hydrogen-bond acceptors (Lipinski definition) is 2. The Morgan fingerprint density at radius 3 is 2.67 bits per heavy atom. The van der Waals surface area contributed by atoms with Crippen molar-refractivity contribution in [2.45, 2.75) is 33.6 Å². The lowest BCUT2D eigenvalue weighted by molar-refractivity contribution is 0.0729. The fraction of sp³-hybridized carbons (Fsp3) is 0.600. The molecule has 1 aliphatic carbocycles.